The van der Waals surface area contributed by atoms with E-state index in [0.717, 1.165) is 44.3 Å². The highest BCUT2D eigenvalue weighted by Gasteiger charge is 2.26. The average Bonchev–Trinajstić information content (AvgIpc) is 3.15. The van der Waals surface area contributed by atoms with E-state index in [1.807, 2.05) is 15.6 Å². The van der Waals surface area contributed by atoms with Crippen LogP contribution in [0.3, 0.4) is 0 Å². The molecule has 2 heterocycles. The number of hydrogen-bond acceptors (Lipinski definition) is 3. The van der Waals surface area contributed by atoms with Crippen LogP contribution in [0.25, 0.3) is 0 Å². The van der Waals surface area contributed by atoms with Crippen molar-refractivity contribution in [1.29, 1.82) is 0 Å². The highest BCUT2D eigenvalue weighted by Crippen LogP contribution is 2.25. The molecule has 2 aromatic rings. The van der Waals surface area contributed by atoms with Gasteiger partial charge in [0, 0.05) is 18.7 Å². The smallest absolute Gasteiger partial charge is 0.253 e. The molecule has 1 amide bonds. The second-order valence-electron chi connectivity index (χ2n) is 6.61. The first kappa shape index (κ1) is 14.4. The number of benzene rings is 1. The third-order valence-corrected chi connectivity index (χ3v) is 5.09. The normalized spacial score (nSPS) is 21.0. The standard InChI is InChI=1S/C18H22N4O/c23-18(16-8-7-14-4-1-2-5-15(14)10-16)21-9-3-6-17(11-21)22-13-19-12-20-22/h7-8,10,12-13,17H,1-6,9,11H2/t17-/m1/s1. The lowest BCUT2D eigenvalue weighted by atomic mass is 9.90. The molecule has 1 aliphatic carbocycles. The molecule has 1 fully saturated rings. The fraction of sp³-hybridized carbons (Fsp3) is 0.500. The summed E-state index contributed by atoms with van der Waals surface area (Å²) in [7, 11) is 0. The van der Waals surface area contributed by atoms with Crippen molar-refractivity contribution >= 4 is 5.91 Å². The number of nitrogens with zero attached hydrogens (tertiary/aromatic N) is 4. The van der Waals surface area contributed by atoms with Crippen molar-refractivity contribution in [2.24, 2.45) is 0 Å². The number of likely N-dealkylation sites (tertiary alicyclic amines) is 1. The predicted molar refractivity (Wildman–Crippen MR) is 87.3 cm³/mol. The summed E-state index contributed by atoms with van der Waals surface area (Å²) >= 11 is 0. The van der Waals surface area contributed by atoms with Crippen molar-refractivity contribution in [3.05, 3.63) is 47.5 Å². The van der Waals surface area contributed by atoms with Crippen LogP contribution < -0.4 is 0 Å². The molecule has 23 heavy (non-hydrogen) atoms. The summed E-state index contributed by atoms with van der Waals surface area (Å²) in [6.07, 6.45) is 10.1. The average molecular weight is 310 g/mol. The Labute approximate surface area is 136 Å². The largest absolute Gasteiger partial charge is 0.337 e. The summed E-state index contributed by atoms with van der Waals surface area (Å²) in [5.74, 6) is 0.156. The predicted octanol–water partition coefficient (Wildman–Crippen LogP) is 2.63. The highest BCUT2D eigenvalue weighted by atomic mass is 16.2. The van der Waals surface area contributed by atoms with Gasteiger partial charge in [0.1, 0.15) is 12.7 Å². The molecule has 1 saturated heterocycles. The minimum atomic E-state index is 0.156. The van der Waals surface area contributed by atoms with Gasteiger partial charge in [-0.15, -0.1) is 0 Å². The van der Waals surface area contributed by atoms with E-state index in [-0.39, 0.29) is 11.9 Å². The number of carbonyl (C=O) groups excluding carboxylic acids is 1. The van der Waals surface area contributed by atoms with Crippen LogP contribution >= 0.6 is 0 Å². The molecule has 0 saturated carbocycles. The quantitative estimate of drug-likeness (QED) is 0.857. The summed E-state index contributed by atoms with van der Waals surface area (Å²) < 4.78 is 1.88. The van der Waals surface area contributed by atoms with E-state index < -0.39 is 0 Å². The molecule has 1 aromatic heterocycles. The number of aromatic nitrogens is 3. The minimum Gasteiger partial charge on any atom is -0.337 e. The van der Waals surface area contributed by atoms with Gasteiger partial charge in [-0.2, -0.15) is 5.10 Å². The molecule has 0 unspecified atom stereocenters. The van der Waals surface area contributed by atoms with Gasteiger partial charge in [0.2, 0.25) is 0 Å². The second-order valence-corrected chi connectivity index (χ2v) is 6.61. The van der Waals surface area contributed by atoms with E-state index in [9.17, 15) is 4.79 Å². The maximum absolute atomic E-state index is 12.9. The van der Waals surface area contributed by atoms with E-state index in [1.165, 1.54) is 24.0 Å². The van der Waals surface area contributed by atoms with Gasteiger partial charge < -0.3 is 4.90 Å². The number of fused-ring (bicyclic) bond motifs is 1. The van der Waals surface area contributed by atoms with Gasteiger partial charge in [-0.1, -0.05) is 6.07 Å². The van der Waals surface area contributed by atoms with Crippen LogP contribution in [0.4, 0.5) is 0 Å². The molecule has 4 rings (SSSR count). The molecule has 5 nitrogen and oxygen atoms in total. The fourth-order valence-corrected chi connectivity index (χ4v) is 3.81. The van der Waals surface area contributed by atoms with Gasteiger partial charge >= 0.3 is 0 Å². The van der Waals surface area contributed by atoms with Crippen molar-refractivity contribution in [1.82, 2.24) is 19.7 Å². The molecule has 0 bridgehead atoms. The molecule has 120 valence electrons. The Morgan fingerprint density at radius 3 is 2.83 bits per heavy atom. The number of rotatable bonds is 2. The van der Waals surface area contributed by atoms with E-state index in [0.29, 0.717) is 0 Å². The molecular formula is C18H22N4O. The van der Waals surface area contributed by atoms with Gasteiger partial charge in [-0.05, 0) is 61.8 Å². The summed E-state index contributed by atoms with van der Waals surface area (Å²) in [6, 6.07) is 6.52. The third-order valence-electron chi connectivity index (χ3n) is 5.09. The molecule has 0 radical (unpaired) electrons. The first-order valence-electron chi connectivity index (χ1n) is 8.56. The molecular weight excluding hydrogens is 288 g/mol. The Morgan fingerprint density at radius 1 is 1.13 bits per heavy atom. The first-order valence-corrected chi connectivity index (χ1v) is 8.56. The van der Waals surface area contributed by atoms with E-state index in [4.69, 9.17) is 0 Å². The van der Waals surface area contributed by atoms with Crippen molar-refractivity contribution in [2.45, 2.75) is 44.6 Å². The zero-order valence-electron chi connectivity index (χ0n) is 13.3. The first-order chi connectivity index (χ1) is 11.3. The van der Waals surface area contributed by atoms with E-state index >= 15 is 0 Å². The molecule has 1 atom stereocenters. The molecule has 0 N–H and O–H groups in total. The van der Waals surface area contributed by atoms with Crippen LogP contribution in [0, 0.1) is 0 Å². The van der Waals surface area contributed by atoms with Crippen molar-refractivity contribution in [3.63, 3.8) is 0 Å². The van der Waals surface area contributed by atoms with Gasteiger partial charge in [-0.25, -0.2) is 9.67 Å². The Balaban J connectivity index is 1.52. The SMILES string of the molecule is O=C(c1ccc2c(c1)CCCC2)N1CCC[C@@H](n2cncn2)C1. The summed E-state index contributed by atoms with van der Waals surface area (Å²) in [4.78, 5) is 18.9. The molecule has 5 heteroatoms. The topological polar surface area (TPSA) is 51.0 Å². The van der Waals surface area contributed by atoms with Gasteiger partial charge in [-0.3, -0.25) is 4.79 Å². The molecule has 1 aromatic carbocycles. The van der Waals surface area contributed by atoms with Crippen molar-refractivity contribution in [3.8, 4) is 0 Å². The van der Waals surface area contributed by atoms with Crippen LogP contribution in [0.15, 0.2) is 30.9 Å². The van der Waals surface area contributed by atoms with Gasteiger partial charge in [0.05, 0.1) is 6.04 Å². The van der Waals surface area contributed by atoms with Crippen LogP contribution in [0.1, 0.15) is 53.2 Å². The monoisotopic (exact) mass is 310 g/mol. The third kappa shape index (κ3) is 2.87. The Morgan fingerprint density at radius 2 is 2.00 bits per heavy atom. The van der Waals surface area contributed by atoms with Crippen LogP contribution in [-0.2, 0) is 12.8 Å². The van der Waals surface area contributed by atoms with E-state index in [2.05, 4.69) is 22.2 Å². The van der Waals surface area contributed by atoms with Crippen LogP contribution in [-0.4, -0.2) is 38.7 Å². The Kier molecular flexibility index (Phi) is 3.85. The molecule has 0 spiro atoms. The lowest BCUT2D eigenvalue weighted by Gasteiger charge is -2.33. The molecule has 2 aliphatic rings. The molecule has 1 aliphatic heterocycles. The highest BCUT2D eigenvalue weighted by molar-refractivity contribution is 5.94. The van der Waals surface area contributed by atoms with Crippen molar-refractivity contribution in [2.75, 3.05) is 13.1 Å². The number of piperidine rings is 1. The number of amides is 1. The summed E-state index contributed by atoms with van der Waals surface area (Å²) in [6.45, 7) is 1.56. The maximum Gasteiger partial charge on any atom is 0.253 e. The number of hydrogen-bond donors (Lipinski definition) is 0. The van der Waals surface area contributed by atoms with Gasteiger partial charge in [0.25, 0.3) is 5.91 Å². The van der Waals surface area contributed by atoms with Crippen LogP contribution in [0.2, 0.25) is 0 Å². The summed E-state index contributed by atoms with van der Waals surface area (Å²) in [5, 5.41) is 4.23. The zero-order chi connectivity index (χ0) is 15.6. The number of carbonyl (C=O) groups is 1. The Bertz CT molecular complexity index is 695. The Hall–Kier alpha value is -2.17. The fourth-order valence-electron chi connectivity index (χ4n) is 3.81. The van der Waals surface area contributed by atoms with Crippen molar-refractivity contribution < 1.29 is 4.79 Å². The summed E-state index contributed by atoms with van der Waals surface area (Å²) in [5.41, 5.74) is 3.63. The zero-order valence-corrected chi connectivity index (χ0v) is 13.3. The maximum atomic E-state index is 12.9. The van der Waals surface area contributed by atoms with Crippen LogP contribution in [0.5, 0.6) is 0 Å². The minimum absolute atomic E-state index is 0.156. The van der Waals surface area contributed by atoms with Gasteiger partial charge in [0.15, 0.2) is 0 Å². The lowest BCUT2D eigenvalue weighted by molar-refractivity contribution is 0.0672. The lowest BCUT2D eigenvalue weighted by Crippen LogP contribution is -2.40. The number of aryl methyl sites for hydroxylation is 2. The van der Waals surface area contributed by atoms with E-state index in [1.54, 1.807) is 12.7 Å². The second kappa shape index (κ2) is 6.14.